The summed E-state index contributed by atoms with van der Waals surface area (Å²) < 4.78 is 0. The molecule has 28 heavy (non-hydrogen) atoms. The molecule has 1 saturated heterocycles. The summed E-state index contributed by atoms with van der Waals surface area (Å²) in [6.45, 7) is 5.42. The lowest BCUT2D eigenvalue weighted by Crippen LogP contribution is -2.49. The topological polar surface area (TPSA) is 49.3 Å². The van der Waals surface area contributed by atoms with Crippen LogP contribution >= 0.6 is 11.3 Å². The predicted octanol–water partition coefficient (Wildman–Crippen LogP) is 3.78. The number of hydrogen-bond acceptors (Lipinski definition) is 5. The Bertz CT molecular complexity index is 1010. The highest BCUT2D eigenvalue weighted by atomic mass is 32.1. The Labute approximate surface area is 169 Å². The molecule has 0 bridgehead atoms. The van der Waals surface area contributed by atoms with Crippen LogP contribution in [0.3, 0.4) is 0 Å². The number of amides is 1. The van der Waals surface area contributed by atoms with Crippen LogP contribution in [0.1, 0.15) is 35.0 Å². The van der Waals surface area contributed by atoms with Crippen LogP contribution in [-0.2, 0) is 12.8 Å². The monoisotopic (exact) mass is 392 g/mol. The van der Waals surface area contributed by atoms with Crippen molar-refractivity contribution in [1.29, 1.82) is 0 Å². The van der Waals surface area contributed by atoms with Crippen LogP contribution in [0.15, 0.2) is 35.8 Å². The SMILES string of the molecule is C[C@@H]1CCc2nc3ccccc3c(C(=O)N3CCN(c4nccs4)CC3)c2C1. The maximum atomic E-state index is 13.7. The third kappa shape index (κ3) is 3.05. The highest BCUT2D eigenvalue weighted by Gasteiger charge is 2.29. The normalized spacial score (nSPS) is 19.7. The molecule has 5 nitrogen and oxygen atoms in total. The number of pyridine rings is 1. The van der Waals surface area contributed by atoms with Crippen molar-refractivity contribution in [1.82, 2.24) is 14.9 Å². The quantitative estimate of drug-likeness (QED) is 0.666. The second-order valence-electron chi connectivity index (χ2n) is 7.87. The van der Waals surface area contributed by atoms with Gasteiger partial charge in [-0.15, -0.1) is 11.3 Å². The van der Waals surface area contributed by atoms with Crippen molar-refractivity contribution < 1.29 is 4.79 Å². The second-order valence-corrected chi connectivity index (χ2v) is 8.74. The lowest BCUT2D eigenvalue weighted by atomic mass is 9.83. The molecule has 1 amide bonds. The summed E-state index contributed by atoms with van der Waals surface area (Å²) in [6.07, 6.45) is 4.92. The molecule has 1 aromatic carbocycles. The van der Waals surface area contributed by atoms with Gasteiger partial charge >= 0.3 is 0 Å². The molecule has 0 spiro atoms. The third-order valence-electron chi connectivity index (χ3n) is 5.98. The highest BCUT2D eigenvalue weighted by molar-refractivity contribution is 7.13. The molecule has 6 heteroatoms. The van der Waals surface area contributed by atoms with E-state index in [1.54, 1.807) is 11.3 Å². The van der Waals surface area contributed by atoms with Gasteiger partial charge in [0.15, 0.2) is 5.13 Å². The van der Waals surface area contributed by atoms with E-state index in [9.17, 15) is 4.79 Å². The number of anilines is 1. The Kier molecular flexibility index (Phi) is 4.51. The van der Waals surface area contributed by atoms with Crippen molar-refractivity contribution in [2.24, 2.45) is 5.92 Å². The minimum Gasteiger partial charge on any atom is -0.345 e. The summed E-state index contributed by atoms with van der Waals surface area (Å²) in [6, 6.07) is 8.11. The molecule has 2 aromatic heterocycles. The molecular weight excluding hydrogens is 368 g/mol. The average Bonchev–Trinajstić information content (AvgIpc) is 3.27. The van der Waals surface area contributed by atoms with Crippen molar-refractivity contribution in [3.8, 4) is 0 Å². The predicted molar refractivity (Wildman–Crippen MR) is 113 cm³/mol. The first kappa shape index (κ1) is 17.6. The number of benzene rings is 1. The number of thiazole rings is 1. The van der Waals surface area contributed by atoms with Crippen molar-refractivity contribution in [3.63, 3.8) is 0 Å². The van der Waals surface area contributed by atoms with Crippen LogP contribution in [0.4, 0.5) is 5.13 Å². The smallest absolute Gasteiger partial charge is 0.255 e. The van der Waals surface area contributed by atoms with E-state index in [-0.39, 0.29) is 5.91 Å². The zero-order valence-electron chi connectivity index (χ0n) is 16.1. The maximum absolute atomic E-state index is 13.7. The first-order valence-corrected chi connectivity index (χ1v) is 10.9. The standard InChI is InChI=1S/C22H24N4OS/c1-15-6-7-19-17(14-15)20(16-4-2-3-5-18(16)24-19)21(27)25-9-11-26(12-10-25)22-23-8-13-28-22/h2-5,8,13,15H,6-7,9-12,14H2,1H3/t15-/m1/s1. The fourth-order valence-corrected chi connectivity index (χ4v) is 5.13. The molecule has 1 atom stereocenters. The molecule has 0 radical (unpaired) electrons. The van der Waals surface area contributed by atoms with Crippen LogP contribution in [0, 0.1) is 5.92 Å². The lowest BCUT2D eigenvalue weighted by Gasteiger charge is -2.35. The Balaban J connectivity index is 1.48. The van der Waals surface area contributed by atoms with E-state index < -0.39 is 0 Å². The molecule has 0 unspecified atom stereocenters. The Morgan fingerprint density at radius 1 is 1.18 bits per heavy atom. The molecule has 1 aliphatic heterocycles. The number of nitrogens with zero attached hydrogens (tertiary/aromatic N) is 4. The fraction of sp³-hybridized carbons (Fsp3) is 0.409. The van der Waals surface area contributed by atoms with Crippen LogP contribution in [-0.4, -0.2) is 47.0 Å². The summed E-state index contributed by atoms with van der Waals surface area (Å²) >= 11 is 1.66. The third-order valence-corrected chi connectivity index (χ3v) is 6.81. The molecule has 144 valence electrons. The number of aryl methyl sites for hydroxylation is 1. The van der Waals surface area contributed by atoms with Gasteiger partial charge in [-0.25, -0.2) is 4.98 Å². The minimum atomic E-state index is 0.169. The van der Waals surface area contributed by atoms with E-state index in [0.29, 0.717) is 5.92 Å². The molecular formula is C22H24N4OS. The minimum absolute atomic E-state index is 0.169. The largest absolute Gasteiger partial charge is 0.345 e. The molecule has 2 aliphatic rings. The van der Waals surface area contributed by atoms with Gasteiger partial charge in [-0.3, -0.25) is 9.78 Å². The molecule has 5 rings (SSSR count). The van der Waals surface area contributed by atoms with Gasteiger partial charge in [-0.05, 0) is 36.8 Å². The van der Waals surface area contributed by atoms with Crippen molar-refractivity contribution in [2.75, 3.05) is 31.1 Å². The van der Waals surface area contributed by atoms with Gasteiger partial charge in [0, 0.05) is 48.8 Å². The number of aromatic nitrogens is 2. The Morgan fingerprint density at radius 3 is 2.79 bits per heavy atom. The van der Waals surface area contributed by atoms with Crippen molar-refractivity contribution in [3.05, 3.63) is 52.7 Å². The number of carbonyl (C=O) groups excluding carboxylic acids is 1. The number of para-hydroxylation sites is 1. The van der Waals surface area contributed by atoms with Crippen LogP contribution in [0.2, 0.25) is 0 Å². The summed E-state index contributed by atoms with van der Waals surface area (Å²) in [5.41, 5.74) is 4.15. The molecule has 0 saturated carbocycles. The molecule has 3 heterocycles. The van der Waals surface area contributed by atoms with E-state index >= 15 is 0 Å². The van der Waals surface area contributed by atoms with E-state index in [1.807, 2.05) is 34.7 Å². The lowest BCUT2D eigenvalue weighted by molar-refractivity contribution is 0.0747. The second kappa shape index (κ2) is 7.17. The number of fused-ring (bicyclic) bond motifs is 2. The summed E-state index contributed by atoms with van der Waals surface area (Å²) in [7, 11) is 0. The fourth-order valence-electron chi connectivity index (χ4n) is 4.44. The van der Waals surface area contributed by atoms with Gasteiger partial charge in [0.2, 0.25) is 0 Å². The van der Waals surface area contributed by atoms with Crippen molar-refractivity contribution >= 4 is 33.3 Å². The van der Waals surface area contributed by atoms with Gasteiger partial charge in [0.25, 0.3) is 5.91 Å². The zero-order chi connectivity index (χ0) is 19.1. The first-order chi connectivity index (χ1) is 13.7. The van der Waals surface area contributed by atoms with E-state index in [2.05, 4.69) is 22.9 Å². The van der Waals surface area contributed by atoms with Crippen LogP contribution < -0.4 is 4.90 Å². The molecule has 1 fully saturated rings. The molecule has 3 aromatic rings. The number of piperazine rings is 1. The molecule has 0 N–H and O–H groups in total. The van der Waals surface area contributed by atoms with Gasteiger partial charge < -0.3 is 9.80 Å². The average molecular weight is 393 g/mol. The van der Waals surface area contributed by atoms with Crippen LogP contribution in [0.5, 0.6) is 0 Å². The van der Waals surface area contributed by atoms with Gasteiger partial charge in [0.05, 0.1) is 11.1 Å². The van der Waals surface area contributed by atoms with Crippen molar-refractivity contribution in [2.45, 2.75) is 26.2 Å². The van der Waals surface area contributed by atoms with E-state index in [0.717, 1.165) is 72.7 Å². The van der Waals surface area contributed by atoms with Crippen LogP contribution in [0.25, 0.3) is 10.9 Å². The van der Waals surface area contributed by atoms with E-state index in [1.165, 1.54) is 5.56 Å². The van der Waals surface area contributed by atoms with Gasteiger partial charge in [-0.1, -0.05) is 25.1 Å². The first-order valence-electron chi connectivity index (χ1n) is 10.0. The Morgan fingerprint density at radius 2 is 2.00 bits per heavy atom. The summed E-state index contributed by atoms with van der Waals surface area (Å²) in [5, 5.41) is 4.05. The highest BCUT2D eigenvalue weighted by Crippen LogP contribution is 2.32. The van der Waals surface area contributed by atoms with Gasteiger partial charge in [0.1, 0.15) is 0 Å². The zero-order valence-corrected chi connectivity index (χ0v) is 16.9. The number of rotatable bonds is 2. The maximum Gasteiger partial charge on any atom is 0.255 e. The number of carbonyl (C=O) groups is 1. The molecule has 1 aliphatic carbocycles. The summed E-state index contributed by atoms with van der Waals surface area (Å²) in [4.78, 5) is 27.3. The number of hydrogen-bond donors (Lipinski definition) is 0. The van der Waals surface area contributed by atoms with E-state index in [4.69, 9.17) is 4.98 Å². The Hall–Kier alpha value is -2.47. The van der Waals surface area contributed by atoms with Gasteiger partial charge in [-0.2, -0.15) is 0 Å². The summed E-state index contributed by atoms with van der Waals surface area (Å²) in [5.74, 6) is 0.770.